The molecular weight excluding hydrogens is 194 g/mol. The van der Waals surface area contributed by atoms with E-state index in [1.165, 1.54) is 6.42 Å². The number of hydrogen-bond donors (Lipinski definition) is 1. The number of allylic oxidation sites excluding steroid dienone is 1. The number of rotatable bonds is 7. The summed E-state index contributed by atoms with van der Waals surface area (Å²) in [5.41, 5.74) is 1.04. The van der Waals surface area contributed by atoms with Gasteiger partial charge in [0.15, 0.2) is 0 Å². The molecule has 0 atom stereocenters. The second kappa shape index (κ2) is 6.69. The van der Waals surface area contributed by atoms with E-state index in [9.17, 15) is 5.11 Å². The van der Waals surface area contributed by atoms with E-state index in [4.69, 9.17) is 9.47 Å². The summed E-state index contributed by atoms with van der Waals surface area (Å²) in [5, 5.41) is 9.41. The number of hydrogen-bond acceptors (Lipinski definition) is 4. The highest BCUT2D eigenvalue weighted by atomic mass is 16.6. The van der Waals surface area contributed by atoms with Gasteiger partial charge in [-0.05, 0) is 33.4 Å². The van der Waals surface area contributed by atoms with Crippen molar-refractivity contribution in [1.29, 1.82) is 0 Å². The molecule has 1 rings (SSSR count). The van der Waals surface area contributed by atoms with E-state index in [0.29, 0.717) is 19.8 Å². The van der Waals surface area contributed by atoms with Crippen molar-refractivity contribution in [2.24, 2.45) is 0 Å². The largest absolute Gasteiger partial charge is 0.481 e. The maximum Gasteiger partial charge on any atom is 0.275 e. The third-order valence-corrected chi connectivity index (χ3v) is 2.41. The SMILES string of the molecule is CN(C)CCOCCOC(O)=C1CCC1. The van der Waals surface area contributed by atoms with Crippen molar-refractivity contribution < 1.29 is 14.6 Å². The van der Waals surface area contributed by atoms with Crippen molar-refractivity contribution in [3.8, 4) is 0 Å². The van der Waals surface area contributed by atoms with Crippen LogP contribution in [0.3, 0.4) is 0 Å². The second-order valence-electron chi connectivity index (χ2n) is 4.03. The van der Waals surface area contributed by atoms with Crippen LogP contribution in [-0.2, 0) is 9.47 Å². The van der Waals surface area contributed by atoms with E-state index >= 15 is 0 Å². The number of aliphatic hydroxyl groups is 1. The van der Waals surface area contributed by atoms with E-state index in [-0.39, 0.29) is 5.95 Å². The first kappa shape index (κ1) is 12.3. The van der Waals surface area contributed by atoms with Gasteiger partial charge in [0, 0.05) is 12.1 Å². The Balaban J connectivity index is 1.93. The van der Waals surface area contributed by atoms with Crippen LogP contribution in [0.5, 0.6) is 0 Å². The van der Waals surface area contributed by atoms with Gasteiger partial charge in [-0.1, -0.05) is 0 Å². The van der Waals surface area contributed by atoms with Crippen molar-refractivity contribution in [2.75, 3.05) is 40.5 Å². The Morgan fingerprint density at radius 1 is 1.27 bits per heavy atom. The fourth-order valence-electron chi connectivity index (χ4n) is 1.22. The lowest BCUT2D eigenvalue weighted by atomic mass is 9.93. The first-order chi connectivity index (χ1) is 7.20. The molecule has 0 aliphatic heterocycles. The van der Waals surface area contributed by atoms with Gasteiger partial charge in [-0.25, -0.2) is 0 Å². The summed E-state index contributed by atoms with van der Waals surface area (Å²) in [6.07, 6.45) is 3.13. The highest BCUT2D eigenvalue weighted by molar-refractivity contribution is 5.09. The van der Waals surface area contributed by atoms with Gasteiger partial charge in [0.2, 0.25) is 0 Å². The van der Waals surface area contributed by atoms with Crippen LogP contribution in [0.4, 0.5) is 0 Å². The highest BCUT2D eigenvalue weighted by Gasteiger charge is 2.14. The zero-order valence-corrected chi connectivity index (χ0v) is 9.66. The molecule has 15 heavy (non-hydrogen) atoms. The summed E-state index contributed by atoms with van der Waals surface area (Å²) in [7, 11) is 4.01. The van der Waals surface area contributed by atoms with Crippen molar-refractivity contribution >= 4 is 0 Å². The Hall–Kier alpha value is -0.740. The Bertz CT molecular complexity index is 208. The van der Waals surface area contributed by atoms with Crippen LogP contribution in [0.2, 0.25) is 0 Å². The first-order valence-corrected chi connectivity index (χ1v) is 5.46. The van der Waals surface area contributed by atoms with E-state index < -0.39 is 0 Å². The van der Waals surface area contributed by atoms with Gasteiger partial charge in [0.25, 0.3) is 5.95 Å². The number of ether oxygens (including phenoxy) is 2. The molecule has 1 aliphatic carbocycles. The zero-order chi connectivity index (χ0) is 11.1. The number of nitrogens with zero attached hydrogens (tertiary/aromatic N) is 1. The Labute approximate surface area is 91.5 Å². The van der Waals surface area contributed by atoms with Gasteiger partial charge in [-0.15, -0.1) is 0 Å². The molecule has 0 spiro atoms. The highest BCUT2D eigenvalue weighted by Crippen LogP contribution is 2.27. The summed E-state index contributed by atoms with van der Waals surface area (Å²) in [6.45, 7) is 2.58. The lowest BCUT2D eigenvalue weighted by molar-refractivity contribution is 0.0270. The van der Waals surface area contributed by atoms with Gasteiger partial charge < -0.3 is 19.5 Å². The third kappa shape index (κ3) is 5.04. The van der Waals surface area contributed by atoms with Gasteiger partial charge in [-0.2, -0.15) is 0 Å². The van der Waals surface area contributed by atoms with E-state index in [1.807, 2.05) is 14.1 Å². The predicted octanol–water partition coefficient (Wildman–Crippen LogP) is 1.53. The average molecular weight is 215 g/mol. The molecule has 4 nitrogen and oxygen atoms in total. The van der Waals surface area contributed by atoms with Crippen LogP contribution in [0.15, 0.2) is 11.5 Å². The molecule has 1 N–H and O–H groups in total. The Morgan fingerprint density at radius 2 is 2.00 bits per heavy atom. The molecule has 0 bridgehead atoms. The van der Waals surface area contributed by atoms with Crippen LogP contribution < -0.4 is 0 Å². The lowest BCUT2D eigenvalue weighted by Crippen LogP contribution is -2.19. The molecular formula is C11H21NO3. The van der Waals surface area contributed by atoms with Crippen molar-refractivity contribution in [2.45, 2.75) is 19.3 Å². The van der Waals surface area contributed by atoms with Gasteiger partial charge in [0.05, 0.1) is 13.2 Å². The maximum absolute atomic E-state index is 9.41. The molecule has 0 aromatic carbocycles. The van der Waals surface area contributed by atoms with Gasteiger partial charge in [0.1, 0.15) is 6.61 Å². The van der Waals surface area contributed by atoms with Crippen LogP contribution in [-0.4, -0.2) is 50.5 Å². The van der Waals surface area contributed by atoms with E-state index in [2.05, 4.69) is 4.90 Å². The monoisotopic (exact) mass is 215 g/mol. The smallest absolute Gasteiger partial charge is 0.275 e. The molecule has 4 heteroatoms. The maximum atomic E-state index is 9.41. The molecule has 0 radical (unpaired) electrons. The summed E-state index contributed by atoms with van der Waals surface area (Å²) >= 11 is 0. The third-order valence-electron chi connectivity index (χ3n) is 2.41. The zero-order valence-electron chi connectivity index (χ0n) is 9.66. The van der Waals surface area contributed by atoms with E-state index in [0.717, 1.165) is 25.0 Å². The Kier molecular flexibility index (Phi) is 5.50. The molecule has 0 aromatic heterocycles. The molecule has 0 saturated heterocycles. The number of aliphatic hydroxyl groups excluding tert-OH is 1. The summed E-state index contributed by atoms with van der Waals surface area (Å²) in [6, 6.07) is 0. The quantitative estimate of drug-likeness (QED) is 0.516. The topological polar surface area (TPSA) is 41.9 Å². The average Bonchev–Trinajstić information content (AvgIpc) is 2.07. The number of likely N-dealkylation sites (N-methyl/N-ethyl adjacent to an activating group) is 1. The van der Waals surface area contributed by atoms with Crippen LogP contribution in [0.1, 0.15) is 19.3 Å². The Morgan fingerprint density at radius 3 is 2.53 bits per heavy atom. The van der Waals surface area contributed by atoms with Crippen molar-refractivity contribution in [3.63, 3.8) is 0 Å². The first-order valence-electron chi connectivity index (χ1n) is 5.46. The van der Waals surface area contributed by atoms with Crippen LogP contribution >= 0.6 is 0 Å². The molecule has 0 amide bonds. The lowest BCUT2D eigenvalue weighted by Gasteiger charge is -2.18. The standard InChI is InChI=1S/C11H21NO3/c1-12(2)6-7-14-8-9-15-11(13)10-4-3-5-10/h13H,3-9H2,1-2H3. The molecule has 0 heterocycles. The molecule has 0 aromatic rings. The van der Waals surface area contributed by atoms with Crippen molar-refractivity contribution in [3.05, 3.63) is 11.5 Å². The fraction of sp³-hybridized carbons (Fsp3) is 0.818. The minimum Gasteiger partial charge on any atom is -0.481 e. The van der Waals surface area contributed by atoms with Crippen LogP contribution in [0.25, 0.3) is 0 Å². The molecule has 1 fully saturated rings. The fourth-order valence-corrected chi connectivity index (χ4v) is 1.22. The minimum atomic E-state index is 0.123. The second-order valence-corrected chi connectivity index (χ2v) is 4.03. The van der Waals surface area contributed by atoms with Crippen molar-refractivity contribution in [1.82, 2.24) is 4.90 Å². The molecule has 0 unspecified atom stereocenters. The predicted molar refractivity (Wildman–Crippen MR) is 58.8 cm³/mol. The normalized spacial score (nSPS) is 15.3. The summed E-state index contributed by atoms with van der Waals surface area (Å²) in [4.78, 5) is 2.06. The summed E-state index contributed by atoms with van der Waals surface area (Å²) < 4.78 is 10.5. The molecule has 88 valence electrons. The van der Waals surface area contributed by atoms with Crippen LogP contribution in [0, 0.1) is 0 Å². The van der Waals surface area contributed by atoms with Gasteiger partial charge in [-0.3, -0.25) is 0 Å². The molecule has 1 aliphatic rings. The summed E-state index contributed by atoms with van der Waals surface area (Å²) in [5.74, 6) is 0.123. The van der Waals surface area contributed by atoms with Gasteiger partial charge >= 0.3 is 0 Å². The molecule has 1 saturated carbocycles. The van der Waals surface area contributed by atoms with E-state index in [1.54, 1.807) is 0 Å². The minimum absolute atomic E-state index is 0.123.